The van der Waals surface area contributed by atoms with Crippen molar-refractivity contribution in [1.29, 1.82) is 0 Å². The van der Waals surface area contributed by atoms with Crippen molar-refractivity contribution in [3.8, 4) is 0 Å². The van der Waals surface area contributed by atoms with Crippen LogP contribution >= 0.6 is 11.6 Å². The van der Waals surface area contributed by atoms with Crippen molar-refractivity contribution >= 4 is 27.4 Å². The van der Waals surface area contributed by atoms with Crippen LogP contribution in [0.2, 0.25) is 5.15 Å². The number of nitrogens with zero attached hydrogens (tertiary/aromatic N) is 4. The lowest BCUT2D eigenvalue weighted by Crippen LogP contribution is -2.49. The fraction of sp³-hybridized carbons (Fsp3) is 0.333. The first kappa shape index (κ1) is 17.1. The molecule has 1 aromatic carbocycles. The van der Waals surface area contributed by atoms with Gasteiger partial charge < -0.3 is 4.90 Å². The summed E-state index contributed by atoms with van der Waals surface area (Å²) in [5.74, 6) is 0.670. The number of hydrogen-bond donors (Lipinski definition) is 0. The van der Waals surface area contributed by atoms with Crippen LogP contribution in [-0.2, 0) is 10.0 Å². The van der Waals surface area contributed by atoms with Crippen LogP contribution in [0.1, 0.15) is 5.82 Å². The molecule has 6 nitrogen and oxygen atoms in total. The Morgan fingerprint density at radius 3 is 2.46 bits per heavy atom. The lowest BCUT2D eigenvalue weighted by molar-refractivity contribution is 0.383. The molecule has 0 aliphatic carbocycles. The van der Waals surface area contributed by atoms with Gasteiger partial charge >= 0.3 is 0 Å². The molecule has 9 heteroatoms. The molecular weight excluding hydrogens is 355 g/mol. The van der Waals surface area contributed by atoms with Gasteiger partial charge in [0.2, 0.25) is 10.0 Å². The van der Waals surface area contributed by atoms with E-state index in [1.165, 1.54) is 22.5 Å². The van der Waals surface area contributed by atoms with Gasteiger partial charge in [-0.05, 0) is 25.1 Å². The quantitative estimate of drug-likeness (QED) is 0.774. The minimum absolute atomic E-state index is 0.0307. The van der Waals surface area contributed by atoms with Gasteiger partial charge in [-0.2, -0.15) is 4.31 Å². The van der Waals surface area contributed by atoms with Gasteiger partial charge in [0.05, 0.1) is 4.90 Å². The molecule has 0 amide bonds. The van der Waals surface area contributed by atoms with Gasteiger partial charge in [0.15, 0.2) is 0 Å². The monoisotopic (exact) mass is 370 g/mol. The van der Waals surface area contributed by atoms with E-state index in [1.807, 2.05) is 4.90 Å². The molecule has 0 bridgehead atoms. The predicted molar refractivity (Wildman–Crippen MR) is 89.2 cm³/mol. The molecule has 1 fully saturated rings. The van der Waals surface area contributed by atoms with Crippen molar-refractivity contribution in [1.82, 2.24) is 14.3 Å². The zero-order valence-corrected chi connectivity index (χ0v) is 14.6. The number of sulfonamides is 1. The van der Waals surface area contributed by atoms with Gasteiger partial charge in [-0.1, -0.05) is 17.7 Å². The van der Waals surface area contributed by atoms with Crippen LogP contribution in [-0.4, -0.2) is 48.9 Å². The molecule has 2 aromatic rings. The fourth-order valence-electron chi connectivity index (χ4n) is 2.61. The average molecular weight is 371 g/mol. The van der Waals surface area contributed by atoms with Crippen molar-refractivity contribution in [2.24, 2.45) is 0 Å². The molecule has 1 aliphatic heterocycles. The average Bonchev–Trinajstić information content (AvgIpc) is 2.54. The highest BCUT2D eigenvalue weighted by molar-refractivity contribution is 7.89. The Hall–Kier alpha value is -1.77. The van der Waals surface area contributed by atoms with Gasteiger partial charge in [0.25, 0.3) is 0 Å². The summed E-state index contributed by atoms with van der Waals surface area (Å²) < 4.78 is 39.8. The fourth-order valence-corrected chi connectivity index (χ4v) is 4.29. The number of anilines is 1. The molecule has 0 saturated carbocycles. The molecule has 128 valence electrons. The molecule has 24 heavy (non-hydrogen) atoms. The number of piperazine rings is 1. The van der Waals surface area contributed by atoms with E-state index >= 15 is 0 Å². The SMILES string of the molecule is Cc1nc(Cl)cc(N2CCN(S(=O)(=O)c3cccc(F)c3)CC2)n1. The van der Waals surface area contributed by atoms with E-state index in [9.17, 15) is 12.8 Å². The smallest absolute Gasteiger partial charge is 0.243 e. The van der Waals surface area contributed by atoms with Crippen LogP contribution in [0.4, 0.5) is 10.2 Å². The zero-order chi connectivity index (χ0) is 17.3. The minimum Gasteiger partial charge on any atom is -0.354 e. The third-order valence-electron chi connectivity index (χ3n) is 3.79. The second kappa shape index (κ2) is 6.62. The van der Waals surface area contributed by atoms with Crippen LogP contribution in [0.3, 0.4) is 0 Å². The van der Waals surface area contributed by atoms with Crippen LogP contribution < -0.4 is 4.90 Å². The summed E-state index contributed by atoms with van der Waals surface area (Å²) in [4.78, 5) is 10.3. The number of halogens is 2. The molecule has 0 radical (unpaired) electrons. The van der Waals surface area contributed by atoms with E-state index in [0.717, 1.165) is 6.07 Å². The number of aryl methyl sites for hydroxylation is 1. The molecule has 0 unspecified atom stereocenters. The van der Waals surface area contributed by atoms with E-state index in [1.54, 1.807) is 13.0 Å². The largest absolute Gasteiger partial charge is 0.354 e. The third-order valence-corrected chi connectivity index (χ3v) is 5.88. The summed E-state index contributed by atoms with van der Waals surface area (Å²) in [5.41, 5.74) is 0. The van der Waals surface area contributed by atoms with E-state index in [4.69, 9.17) is 11.6 Å². The maximum Gasteiger partial charge on any atom is 0.243 e. The Labute approximate surface area is 144 Å². The first-order chi connectivity index (χ1) is 11.4. The van der Waals surface area contributed by atoms with Crippen LogP contribution in [0, 0.1) is 12.7 Å². The molecule has 3 rings (SSSR count). The Balaban J connectivity index is 1.75. The van der Waals surface area contributed by atoms with Crippen molar-refractivity contribution in [3.05, 3.63) is 47.1 Å². The highest BCUT2D eigenvalue weighted by Crippen LogP contribution is 2.22. The summed E-state index contributed by atoms with van der Waals surface area (Å²) >= 11 is 5.95. The topological polar surface area (TPSA) is 66.4 Å². The van der Waals surface area contributed by atoms with Crippen molar-refractivity contribution in [3.63, 3.8) is 0 Å². The Bertz CT molecular complexity index is 834. The maximum absolute atomic E-state index is 13.3. The van der Waals surface area contributed by atoms with Crippen LogP contribution in [0.15, 0.2) is 35.2 Å². The minimum atomic E-state index is -3.70. The van der Waals surface area contributed by atoms with Gasteiger partial charge in [0, 0.05) is 32.2 Å². The molecule has 1 saturated heterocycles. The predicted octanol–water partition coefficient (Wildman–Crippen LogP) is 2.09. The van der Waals surface area contributed by atoms with Gasteiger partial charge in [-0.3, -0.25) is 0 Å². The normalized spacial score (nSPS) is 16.4. The summed E-state index contributed by atoms with van der Waals surface area (Å²) in [6.45, 7) is 3.28. The first-order valence-corrected chi connectivity index (χ1v) is 9.20. The summed E-state index contributed by atoms with van der Waals surface area (Å²) in [6.07, 6.45) is 0. The Kier molecular flexibility index (Phi) is 4.71. The van der Waals surface area contributed by atoms with E-state index in [0.29, 0.717) is 43.0 Å². The molecular formula is C15H16ClFN4O2S. The standard InChI is InChI=1S/C15H16ClFN4O2S/c1-11-18-14(16)10-15(19-11)20-5-7-21(8-6-20)24(22,23)13-4-2-3-12(17)9-13/h2-4,9-10H,5-8H2,1H3. The number of hydrogen-bond acceptors (Lipinski definition) is 5. The molecule has 1 aromatic heterocycles. The van der Waals surface area contributed by atoms with Crippen LogP contribution in [0.25, 0.3) is 0 Å². The van der Waals surface area contributed by atoms with Crippen molar-refractivity contribution < 1.29 is 12.8 Å². The van der Waals surface area contributed by atoms with E-state index in [-0.39, 0.29) is 4.90 Å². The Morgan fingerprint density at radius 2 is 1.83 bits per heavy atom. The number of rotatable bonds is 3. The van der Waals surface area contributed by atoms with E-state index < -0.39 is 15.8 Å². The number of aromatic nitrogens is 2. The molecule has 0 atom stereocenters. The van der Waals surface area contributed by atoms with Gasteiger partial charge in [-0.15, -0.1) is 0 Å². The van der Waals surface area contributed by atoms with Crippen molar-refractivity contribution in [2.45, 2.75) is 11.8 Å². The third kappa shape index (κ3) is 3.50. The highest BCUT2D eigenvalue weighted by Gasteiger charge is 2.29. The van der Waals surface area contributed by atoms with Crippen LogP contribution in [0.5, 0.6) is 0 Å². The summed E-state index contributed by atoms with van der Waals surface area (Å²) in [6, 6.07) is 6.71. The first-order valence-electron chi connectivity index (χ1n) is 7.38. The molecule has 0 spiro atoms. The molecule has 0 N–H and O–H groups in total. The summed E-state index contributed by atoms with van der Waals surface area (Å²) in [7, 11) is -3.70. The lowest BCUT2D eigenvalue weighted by atomic mass is 10.3. The second-order valence-electron chi connectivity index (χ2n) is 5.44. The number of benzene rings is 1. The van der Waals surface area contributed by atoms with Gasteiger partial charge in [-0.25, -0.2) is 22.8 Å². The summed E-state index contributed by atoms with van der Waals surface area (Å²) in [5, 5.41) is 0.354. The second-order valence-corrected chi connectivity index (χ2v) is 7.77. The highest BCUT2D eigenvalue weighted by atomic mass is 35.5. The van der Waals surface area contributed by atoms with Crippen molar-refractivity contribution in [2.75, 3.05) is 31.1 Å². The zero-order valence-electron chi connectivity index (χ0n) is 13.0. The lowest BCUT2D eigenvalue weighted by Gasteiger charge is -2.34. The Morgan fingerprint density at radius 1 is 1.12 bits per heavy atom. The maximum atomic E-state index is 13.3. The van der Waals surface area contributed by atoms with E-state index in [2.05, 4.69) is 9.97 Å². The molecule has 1 aliphatic rings. The molecule has 2 heterocycles. The van der Waals surface area contributed by atoms with Gasteiger partial charge in [0.1, 0.15) is 22.6 Å².